The number of aliphatic carboxylic acids is 1. The molecule has 0 radical (unpaired) electrons. The van der Waals surface area contributed by atoms with E-state index in [9.17, 15) is 4.79 Å². The zero-order valence-corrected chi connectivity index (χ0v) is 8.58. The minimum Gasteiger partial charge on any atom is -0.481 e. The molecule has 0 bridgehead atoms. The summed E-state index contributed by atoms with van der Waals surface area (Å²) < 4.78 is 0. The minimum atomic E-state index is -0.799. The SMILES string of the molecule is CC1CNc2ccc(CC(=O)O)cc2N1. The third-order valence-electron chi connectivity index (χ3n) is 2.44. The Balaban J connectivity index is 2.24. The zero-order chi connectivity index (χ0) is 10.8. The molecular formula is C11H14N2O2. The maximum absolute atomic E-state index is 10.6. The van der Waals surface area contributed by atoms with Crippen LogP contribution in [0.1, 0.15) is 12.5 Å². The number of benzene rings is 1. The fourth-order valence-corrected chi connectivity index (χ4v) is 1.73. The third kappa shape index (κ3) is 2.21. The normalized spacial score (nSPS) is 18.6. The van der Waals surface area contributed by atoms with Gasteiger partial charge in [-0.3, -0.25) is 4.79 Å². The van der Waals surface area contributed by atoms with Gasteiger partial charge in [-0.2, -0.15) is 0 Å². The van der Waals surface area contributed by atoms with Crippen LogP contribution in [0.15, 0.2) is 18.2 Å². The molecule has 0 saturated carbocycles. The molecule has 0 spiro atoms. The average Bonchev–Trinajstić information content (AvgIpc) is 2.16. The van der Waals surface area contributed by atoms with E-state index in [0.29, 0.717) is 6.04 Å². The van der Waals surface area contributed by atoms with Crippen LogP contribution in [0.4, 0.5) is 11.4 Å². The van der Waals surface area contributed by atoms with Gasteiger partial charge in [0.05, 0.1) is 17.8 Å². The van der Waals surface area contributed by atoms with Gasteiger partial charge in [0.25, 0.3) is 0 Å². The van der Waals surface area contributed by atoms with Gasteiger partial charge in [-0.05, 0) is 24.6 Å². The van der Waals surface area contributed by atoms with Crippen molar-refractivity contribution in [3.05, 3.63) is 23.8 Å². The van der Waals surface area contributed by atoms with Gasteiger partial charge >= 0.3 is 5.97 Å². The summed E-state index contributed by atoms with van der Waals surface area (Å²) in [6.07, 6.45) is 0.0728. The van der Waals surface area contributed by atoms with Crippen LogP contribution in [0.3, 0.4) is 0 Å². The molecule has 1 unspecified atom stereocenters. The Morgan fingerprint density at radius 1 is 1.53 bits per heavy atom. The number of carboxylic acids is 1. The van der Waals surface area contributed by atoms with Crippen LogP contribution in [0.2, 0.25) is 0 Å². The predicted octanol–water partition coefficient (Wildman–Crippen LogP) is 1.54. The van der Waals surface area contributed by atoms with Crippen molar-refractivity contribution >= 4 is 17.3 Å². The molecule has 80 valence electrons. The number of fused-ring (bicyclic) bond motifs is 1. The maximum atomic E-state index is 10.6. The lowest BCUT2D eigenvalue weighted by atomic mass is 10.1. The Kier molecular flexibility index (Phi) is 2.49. The standard InChI is InChI=1S/C11H14N2O2/c1-7-6-12-9-3-2-8(5-11(14)15)4-10(9)13-7/h2-4,7,12-13H,5-6H2,1H3,(H,14,15). The number of nitrogens with one attached hydrogen (secondary N) is 2. The van der Waals surface area contributed by atoms with Crippen LogP contribution in [0, 0.1) is 0 Å². The highest BCUT2D eigenvalue weighted by Gasteiger charge is 2.13. The van der Waals surface area contributed by atoms with Crippen LogP contribution >= 0.6 is 0 Å². The van der Waals surface area contributed by atoms with E-state index in [1.54, 1.807) is 0 Å². The molecule has 2 rings (SSSR count). The van der Waals surface area contributed by atoms with Crippen molar-refractivity contribution in [2.45, 2.75) is 19.4 Å². The Labute approximate surface area is 88.3 Å². The second kappa shape index (κ2) is 3.81. The molecule has 1 aromatic carbocycles. The van der Waals surface area contributed by atoms with Gasteiger partial charge in [0, 0.05) is 12.6 Å². The lowest BCUT2D eigenvalue weighted by molar-refractivity contribution is -0.136. The molecular weight excluding hydrogens is 192 g/mol. The van der Waals surface area contributed by atoms with E-state index in [1.165, 1.54) is 0 Å². The van der Waals surface area contributed by atoms with Crippen molar-refractivity contribution in [3.63, 3.8) is 0 Å². The summed E-state index contributed by atoms with van der Waals surface area (Å²) in [5.74, 6) is -0.799. The predicted molar refractivity (Wildman–Crippen MR) is 59.4 cm³/mol. The number of rotatable bonds is 2. The van der Waals surface area contributed by atoms with Crippen molar-refractivity contribution < 1.29 is 9.90 Å². The molecule has 15 heavy (non-hydrogen) atoms. The van der Waals surface area contributed by atoms with Crippen LogP contribution in [-0.2, 0) is 11.2 Å². The van der Waals surface area contributed by atoms with Crippen molar-refractivity contribution in [1.29, 1.82) is 0 Å². The third-order valence-corrected chi connectivity index (χ3v) is 2.44. The summed E-state index contributed by atoms with van der Waals surface area (Å²) in [4.78, 5) is 10.6. The largest absolute Gasteiger partial charge is 0.481 e. The number of carboxylic acid groups (broad SMARTS) is 1. The van der Waals surface area contributed by atoms with E-state index >= 15 is 0 Å². The van der Waals surface area contributed by atoms with E-state index in [2.05, 4.69) is 17.6 Å². The molecule has 1 aliphatic heterocycles. The van der Waals surface area contributed by atoms with Gasteiger partial charge in [0.2, 0.25) is 0 Å². The number of hydrogen-bond donors (Lipinski definition) is 3. The monoisotopic (exact) mass is 206 g/mol. The summed E-state index contributed by atoms with van der Waals surface area (Å²) in [7, 11) is 0. The first-order valence-corrected chi connectivity index (χ1v) is 5.00. The highest BCUT2D eigenvalue weighted by molar-refractivity contribution is 5.75. The second-order valence-electron chi connectivity index (χ2n) is 3.88. The van der Waals surface area contributed by atoms with E-state index in [4.69, 9.17) is 5.11 Å². The summed E-state index contributed by atoms with van der Waals surface area (Å²) in [5.41, 5.74) is 2.86. The van der Waals surface area contributed by atoms with E-state index in [-0.39, 0.29) is 6.42 Å². The molecule has 0 aromatic heterocycles. The van der Waals surface area contributed by atoms with Crippen LogP contribution in [-0.4, -0.2) is 23.7 Å². The summed E-state index contributed by atoms with van der Waals surface area (Å²) >= 11 is 0. The summed E-state index contributed by atoms with van der Waals surface area (Å²) in [6, 6.07) is 6.04. The Bertz CT molecular complexity index is 390. The lowest BCUT2D eigenvalue weighted by Gasteiger charge is -2.26. The molecule has 4 nitrogen and oxygen atoms in total. The average molecular weight is 206 g/mol. The highest BCUT2D eigenvalue weighted by atomic mass is 16.4. The summed E-state index contributed by atoms with van der Waals surface area (Å²) in [6.45, 7) is 2.98. The van der Waals surface area contributed by atoms with Crippen LogP contribution in [0.25, 0.3) is 0 Å². The number of anilines is 2. The van der Waals surface area contributed by atoms with Crippen molar-refractivity contribution in [2.24, 2.45) is 0 Å². The molecule has 1 atom stereocenters. The van der Waals surface area contributed by atoms with Gasteiger partial charge in [0.15, 0.2) is 0 Å². The molecule has 3 N–H and O–H groups in total. The topological polar surface area (TPSA) is 61.4 Å². The molecule has 1 aliphatic rings. The Morgan fingerprint density at radius 3 is 3.07 bits per heavy atom. The minimum absolute atomic E-state index is 0.0728. The molecule has 1 heterocycles. The van der Waals surface area contributed by atoms with Gasteiger partial charge < -0.3 is 15.7 Å². The van der Waals surface area contributed by atoms with E-state index in [1.807, 2.05) is 18.2 Å². The summed E-state index contributed by atoms with van der Waals surface area (Å²) in [5, 5.41) is 15.3. The zero-order valence-electron chi connectivity index (χ0n) is 8.58. The molecule has 4 heteroatoms. The first-order valence-electron chi connectivity index (χ1n) is 5.00. The second-order valence-corrected chi connectivity index (χ2v) is 3.88. The molecule has 0 saturated heterocycles. The molecule has 1 aromatic rings. The fraction of sp³-hybridized carbons (Fsp3) is 0.364. The van der Waals surface area contributed by atoms with Crippen molar-refractivity contribution in [2.75, 3.05) is 17.2 Å². The molecule has 0 fully saturated rings. The number of carbonyl (C=O) groups is 1. The fourth-order valence-electron chi connectivity index (χ4n) is 1.73. The Morgan fingerprint density at radius 2 is 2.33 bits per heavy atom. The molecule has 0 amide bonds. The van der Waals surface area contributed by atoms with Crippen LogP contribution in [0.5, 0.6) is 0 Å². The first kappa shape index (κ1) is 9.83. The van der Waals surface area contributed by atoms with Gasteiger partial charge in [-0.15, -0.1) is 0 Å². The van der Waals surface area contributed by atoms with Gasteiger partial charge in [0.1, 0.15) is 0 Å². The van der Waals surface area contributed by atoms with Crippen LogP contribution < -0.4 is 10.6 Å². The quantitative estimate of drug-likeness (QED) is 0.687. The smallest absolute Gasteiger partial charge is 0.307 e. The van der Waals surface area contributed by atoms with E-state index < -0.39 is 5.97 Å². The Hall–Kier alpha value is -1.71. The van der Waals surface area contributed by atoms with Crippen molar-refractivity contribution in [3.8, 4) is 0 Å². The highest BCUT2D eigenvalue weighted by Crippen LogP contribution is 2.27. The molecule has 0 aliphatic carbocycles. The van der Waals surface area contributed by atoms with Gasteiger partial charge in [-0.1, -0.05) is 6.07 Å². The lowest BCUT2D eigenvalue weighted by Crippen LogP contribution is -2.30. The van der Waals surface area contributed by atoms with Gasteiger partial charge in [-0.25, -0.2) is 0 Å². The van der Waals surface area contributed by atoms with Crippen molar-refractivity contribution in [1.82, 2.24) is 0 Å². The first-order chi connectivity index (χ1) is 7.15. The maximum Gasteiger partial charge on any atom is 0.307 e. The van der Waals surface area contributed by atoms with E-state index in [0.717, 1.165) is 23.5 Å². The number of hydrogen-bond acceptors (Lipinski definition) is 3.